The van der Waals surface area contributed by atoms with Gasteiger partial charge in [0.2, 0.25) is 0 Å². The number of fused-ring (bicyclic) bond motifs is 7. The maximum Gasteiger partial charge on any atom is 0.355 e. The van der Waals surface area contributed by atoms with Gasteiger partial charge in [-0.2, -0.15) is 0 Å². The van der Waals surface area contributed by atoms with Crippen LogP contribution in [0.2, 0.25) is 0 Å². The molecule has 7 rings (SSSR count). The minimum Gasteiger partial charge on any atom is -0.400 e. The van der Waals surface area contributed by atoms with Gasteiger partial charge >= 0.3 is 1.28 Å². The summed E-state index contributed by atoms with van der Waals surface area (Å²) in [5.41, 5.74) is 3.11. The summed E-state index contributed by atoms with van der Waals surface area (Å²) in [4.78, 5) is 0. The summed E-state index contributed by atoms with van der Waals surface area (Å²) in [6, 6.07) is 0. The van der Waals surface area contributed by atoms with Crippen molar-refractivity contribution < 1.29 is 24.1 Å². The van der Waals surface area contributed by atoms with Crippen molar-refractivity contribution in [1.82, 2.24) is 0 Å². The van der Waals surface area contributed by atoms with Crippen LogP contribution in [0.4, 0.5) is 0 Å². The highest BCUT2D eigenvalue weighted by Crippen LogP contribution is 2.78. The Hall–Kier alpha value is 0.490. The Bertz CT molecular complexity index is 1190. The fourth-order valence-corrected chi connectivity index (χ4v) is 14.2. The fraction of sp³-hybridized carbons (Fsp3) is 0.952. The van der Waals surface area contributed by atoms with Gasteiger partial charge in [0.1, 0.15) is 0 Å². The molecule has 15 atom stereocenters. The van der Waals surface area contributed by atoms with E-state index in [4.69, 9.17) is 25.3 Å². The number of allylic oxidation sites excluding steroid dienone is 1. The molecule has 5 nitrogen and oxygen atoms in total. The summed E-state index contributed by atoms with van der Waals surface area (Å²) in [5, 5.41) is 7.00. The Labute approximate surface area is 317 Å². The summed E-state index contributed by atoms with van der Waals surface area (Å²) in [6.07, 6.45) is 21.9. The topological polar surface area (TPSA) is 57.2 Å². The molecule has 2 aliphatic heterocycles. The average Bonchev–Trinajstić information content (AvgIpc) is 3.51. The second-order valence-electron chi connectivity index (χ2n) is 18.6. The molecular formula is C42H75O5P2S+. The first-order valence-corrected chi connectivity index (χ1v) is 24.1. The van der Waals surface area contributed by atoms with Crippen LogP contribution in [0.5, 0.6) is 0 Å². The average molecular weight is 756 g/mol. The smallest absolute Gasteiger partial charge is 0.355 e. The van der Waals surface area contributed by atoms with Crippen molar-refractivity contribution in [2.24, 2.45) is 56.7 Å². The predicted octanol–water partition coefficient (Wildman–Crippen LogP) is 11.0. The van der Waals surface area contributed by atoms with Crippen LogP contribution in [0, 0.1) is 56.7 Å². The van der Waals surface area contributed by atoms with E-state index in [2.05, 4.69) is 68.9 Å². The molecule has 7 aliphatic rings. The molecule has 0 aromatic heterocycles. The highest BCUT2D eigenvalue weighted by molar-refractivity contribution is 8.24. The van der Waals surface area contributed by atoms with Crippen molar-refractivity contribution in [3.8, 4) is 0 Å². The molecule has 2 heterocycles. The zero-order valence-electron chi connectivity index (χ0n) is 34.0. The molecule has 0 spiro atoms. The summed E-state index contributed by atoms with van der Waals surface area (Å²) in [5.74, 6) is 3.79. The SMILES string of the molecule is C=C(C)[C@@H]1CC[C@]2(CC)CC[C@]3(C)[C@H](CC[C@@H]4[C@@]5(C)CC[C@H](OC6CCCCO6)C(C)(COC6CCCCO6)[C@@H]5CC[C@]43C)[C@@H]12.CO.[3H][P+](P)=S. The van der Waals surface area contributed by atoms with Gasteiger partial charge in [0, 0.05) is 25.7 Å². The lowest BCUT2D eigenvalue weighted by molar-refractivity contribution is -0.292. The quantitative estimate of drug-likeness (QED) is 0.159. The van der Waals surface area contributed by atoms with Crippen molar-refractivity contribution >= 4 is 27.7 Å². The highest BCUT2D eigenvalue weighted by Gasteiger charge is 2.71. The molecule has 5 aliphatic carbocycles. The van der Waals surface area contributed by atoms with Gasteiger partial charge in [0.15, 0.2) is 31.4 Å². The standard InChI is InChI=1S/C41H68O4.CH4O.H2P2S/c1-8-41-22-17-29(28(2)3)36(41)30-15-16-32-37(4)20-19-33(45-35-14-10-12-26-43-35)38(5,27-44-34-13-9-11-25-42-34)31(37)18-21-40(32,7)39(30,6)23-24-41;1-2;1-2-3/h29-36H,2,8-27H2,1,3-7H3;2H,1H3;1H2/p+1/t29-,30+,31+,32+,33-,34?,35?,36+,37-,38?,39+,40+,41+;;/m0../s1/i/hT. The first-order chi connectivity index (χ1) is 24.2. The van der Waals surface area contributed by atoms with Crippen LogP contribution in [-0.4, -0.2) is 52.0 Å². The largest absolute Gasteiger partial charge is 0.400 e. The number of aliphatic hydroxyl groups excluding tert-OH is 1. The molecule has 288 valence electrons. The Kier molecular flexibility index (Phi) is 13.7. The third-order valence-electron chi connectivity index (χ3n) is 16.9. The van der Waals surface area contributed by atoms with E-state index in [9.17, 15) is 0 Å². The third kappa shape index (κ3) is 7.29. The van der Waals surface area contributed by atoms with E-state index < -0.39 is 6.99 Å². The predicted molar refractivity (Wildman–Crippen MR) is 215 cm³/mol. The van der Waals surface area contributed by atoms with Crippen molar-refractivity contribution in [3.05, 3.63) is 12.2 Å². The molecular weight excluding hydrogens is 678 g/mol. The highest BCUT2D eigenvalue weighted by atomic mass is 32.6. The van der Waals surface area contributed by atoms with E-state index in [-0.39, 0.29) is 24.1 Å². The molecule has 0 bridgehead atoms. The van der Waals surface area contributed by atoms with Crippen molar-refractivity contribution in [3.63, 3.8) is 0 Å². The second kappa shape index (κ2) is 17.1. The van der Waals surface area contributed by atoms with E-state index >= 15 is 0 Å². The number of aliphatic hydroxyl groups is 1. The minimum atomic E-state index is -0.870. The van der Waals surface area contributed by atoms with Gasteiger partial charge in [-0.3, -0.25) is 0 Å². The third-order valence-corrected chi connectivity index (χ3v) is 16.9. The lowest BCUT2D eigenvalue weighted by atomic mass is 9.32. The van der Waals surface area contributed by atoms with Gasteiger partial charge < -0.3 is 24.1 Å². The molecule has 5 saturated carbocycles. The van der Waals surface area contributed by atoms with Crippen molar-refractivity contribution in [2.45, 2.75) is 169 Å². The molecule has 2 saturated heterocycles. The summed E-state index contributed by atoms with van der Waals surface area (Å²) >= 11 is 4.31. The van der Waals surface area contributed by atoms with Crippen LogP contribution in [0.3, 0.4) is 0 Å². The second-order valence-corrected chi connectivity index (χ2v) is 21.3. The van der Waals surface area contributed by atoms with Gasteiger partial charge in [-0.1, -0.05) is 53.2 Å². The summed E-state index contributed by atoms with van der Waals surface area (Å²) in [7, 11) is 3.20. The first-order valence-electron chi connectivity index (χ1n) is 21.0. The van der Waals surface area contributed by atoms with Crippen LogP contribution in [0.25, 0.3) is 0 Å². The van der Waals surface area contributed by atoms with Crippen LogP contribution in [0.1, 0.15) is 151 Å². The Morgan fingerprint density at radius 2 is 1.52 bits per heavy atom. The maximum absolute atomic E-state index is 7.00. The van der Waals surface area contributed by atoms with Gasteiger partial charge in [-0.25, -0.2) is 0 Å². The molecule has 0 amide bonds. The van der Waals surface area contributed by atoms with Crippen LogP contribution in [-0.2, 0) is 30.8 Å². The lowest BCUT2D eigenvalue weighted by Gasteiger charge is -2.73. The zero-order valence-corrected chi connectivity index (χ0v) is 35.8. The summed E-state index contributed by atoms with van der Waals surface area (Å²) in [6.45, 7) is 21.9. The van der Waals surface area contributed by atoms with E-state index in [1.165, 1.54) is 82.6 Å². The Morgan fingerprint density at radius 1 is 0.860 bits per heavy atom. The van der Waals surface area contributed by atoms with Gasteiger partial charge in [-0.15, -0.1) is 0 Å². The fourth-order valence-electron chi connectivity index (χ4n) is 14.2. The van der Waals surface area contributed by atoms with Gasteiger partial charge in [0.05, 0.1) is 21.6 Å². The monoisotopic (exact) mass is 755 g/mol. The molecule has 7 fully saturated rings. The summed E-state index contributed by atoms with van der Waals surface area (Å²) < 4.78 is 32.5. The molecule has 50 heavy (non-hydrogen) atoms. The molecule has 8 heteroatoms. The Morgan fingerprint density at radius 3 is 2.12 bits per heavy atom. The molecule has 0 aromatic carbocycles. The zero-order chi connectivity index (χ0) is 37.2. The van der Waals surface area contributed by atoms with Crippen LogP contribution >= 0.6 is 15.9 Å². The van der Waals surface area contributed by atoms with E-state index in [0.29, 0.717) is 27.6 Å². The maximum atomic E-state index is 7.00. The van der Waals surface area contributed by atoms with Crippen molar-refractivity contribution in [2.75, 3.05) is 26.9 Å². The molecule has 0 radical (unpaired) electrons. The normalized spacial score (nSPS) is 48.8. The molecule has 0 aromatic rings. The number of hydrogen-bond donors (Lipinski definition) is 1. The lowest BCUT2D eigenvalue weighted by Crippen LogP contribution is -2.67. The van der Waals surface area contributed by atoms with Gasteiger partial charge in [0.25, 0.3) is 0 Å². The van der Waals surface area contributed by atoms with Crippen LogP contribution in [0.15, 0.2) is 12.2 Å². The molecule has 1 N–H and O–H groups in total. The van der Waals surface area contributed by atoms with Gasteiger partial charge in [-0.05, 0) is 161 Å². The van der Waals surface area contributed by atoms with Crippen LogP contribution < -0.4 is 0 Å². The minimum absolute atomic E-state index is 0.0336. The number of rotatable bonds is 7. The number of hydrogen-bond acceptors (Lipinski definition) is 6. The Balaban J connectivity index is 0.000000787. The first kappa shape index (κ1) is 40.2. The van der Waals surface area contributed by atoms with Crippen molar-refractivity contribution in [1.29, 1.82) is 1.28 Å². The molecule has 5 unspecified atom stereocenters. The van der Waals surface area contributed by atoms with E-state index in [0.717, 1.165) is 82.7 Å². The number of ether oxygens (including phenoxy) is 4. The van der Waals surface area contributed by atoms with E-state index in [1.807, 2.05) is 0 Å². The van der Waals surface area contributed by atoms with E-state index in [1.54, 1.807) is 0 Å².